The molecule has 0 aliphatic carbocycles. The average molecular weight is 459 g/mol. The maximum atomic E-state index is 12.1. The number of carbonyl (C=O) groups is 1. The SMILES string of the molecule is COc1cnc(Nc2cnc(Cl)c(NC(=O)OC(C)(C)C)c2)c(-c2nc(C)nc(N)n2)c1. The molecule has 3 heterocycles. The van der Waals surface area contributed by atoms with Crippen LogP contribution in [0.25, 0.3) is 11.4 Å². The van der Waals surface area contributed by atoms with Gasteiger partial charge in [0.25, 0.3) is 0 Å². The number of anilines is 4. The van der Waals surface area contributed by atoms with Crippen molar-refractivity contribution in [3.63, 3.8) is 0 Å². The Morgan fingerprint density at radius 1 is 1.12 bits per heavy atom. The van der Waals surface area contributed by atoms with Gasteiger partial charge in [0.2, 0.25) is 5.95 Å². The molecule has 0 atom stereocenters. The fourth-order valence-electron chi connectivity index (χ4n) is 2.60. The van der Waals surface area contributed by atoms with Crippen LogP contribution in [0.4, 0.5) is 27.9 Å². The normalized spacial score (nSPS) is 11.1. The van der Waals surface area contributed by atoms with Crippen LogP contribution in [-0.4, -0.2) is 43.7 Å². The van der Waals surface area contributed by atoms with Crippen molar-refractivity contribution in [1.29, 1.82) is 0 Å². The Kier molecular flexibility index (Phi) is 6.58. The number of nitrogens with one attached hydrogen (secondary N) is 2. The third kappa shape index (κ3) is 5.91. The number of aromatic nitrogens is 5. The molecule has 0 radical (unpaired) electrons. The van der Waals surface area contributed by atoms with Crippen molar-refractivity contribution in [2.45, 2.75) is 33.3 Å². The van der Waals surface area contributed by atoms with E-state index in [4.69, 9.17) is 26.8 Å². The number of aryl methyl sites for hydroxylation is 1. The van der Waals surface area contributed by atoms with Crippen molar-refractivity contribution in [3.05, 3.63) is 35.5 Å². The summed E-state index contributed by atoms with van der Waals surface area (Å²) in [6.45, 7) is 6.99. The molecule has 3 aromatic rings. The Morgan fingerprint density at radius 2 is 1.88 bits per heavy atom. The number of ether oxygens (including phenoxy) is 2. The van der Waals surface area contributed by atoms with Crippen LogP contribution in [0.3, 0.4) is 0 Å². The van der Waals surface area contributed by atoms with Crippen LogP contribution in [0, 0.1) is 6.92 Å². The summed E-state index contributed by atoms with van der Waals surface area (Å²) in [5.74, 6) is 1.77. The molecular formula is C20H23ClN8O3. The highest BCUT2D eigenvalue weighted by molar-refractivity contribution is 6.32. The first-order valence-electron chi connectivity index (χ1n) is 9.49. The molecule has 3 aromatic heterocycles. The minimum atomic E-state index is -0.660. The zero-order chi connectivity index (χ0) is 23.5. The summed E-state index contributed by atoms with van der Waals surface area (Å²) in [6, 6.07) is 3.31. The van der Waals surface area contributed by atoms with Gasteiger partial charge in [-0.2, -0.15) is 9.97 Å². The van der Waals surface area contributed by atoms with Gasteiger partial charge < -0.3 is 20.5 Å². The third-order valence-electron chi connectivity index (χ3n) is 3.84. The van der Waals surface area contributed by atoms with Crippen LogP contribution in [0.2, 0.25) is 5.15 Å². The largest absolute Gasteiger partial charge is 0.495 e. The van der Waals surface area contributed by atoms with E-state index in [-0.39, 0.29) is 16.8 Å². The van der Waals surface area contributed by atoms with Crippen molar-refractivity contribution >= 4 is 40.8 Å². The van der Waals surface area contributed by atoms with Gasteiger partial charge in [0.1, 0.15) is 23.0 Å². The van der Waals surface area contributed by atoms with Gasteiger partial charge in [0, 0.05) is 0 Å². The van der Waals surface area contributed by atoms with E-state index in [0.717, 1.165) is 0 Å². The molecule has 32 heavy (non-hydrogen) atoms. The lowest BCUT2D eigenvalue weighted by Crippen LogP contribution is -2.27. The second-order valence-corrected chi connectivity index (χ2v) is 8.01. The van der Waals surface area contributed by atoms with E-state index >= 15 is 0 Å². The van der Waals surface area contributed by atoms with Gasteiger partial charge in [0.05, 0.1) is 36.4 Å². The molecule has 0 aliphatic rings. The Balaban J connectivity index is 1.94. The zero-order valence-corrected chi connectivity index (χ0v) is 19.0. The van der Waals surface area contributed by atoms with Crippen molar-refractivity contribution < 1.29 is 14.3 Å². The number of nitrogens with zero attached hydrogens (tertiary/aromatic N) is 5. The third-order valence-corrected chi connectivity index (χ3v) is 4.14. The minimum Gasteiger partial charge on any atom is -0.495 e. The van der Waals surface area contributed by atoms with Crippen molar-refractivity contribution in [2.75, 3.05) is 23.5 Å². The van der Waals surface area contributed by atoms with Crippen molar-refractivity contribution in [1.82, 2.24) is 24.9 Å². The number of methoxy groups -OCH3 is 1. The van der Waals surface area contributed by atoms with Crippen LogP contribution in [0.5, 0.6) is 5.75 Å². The Labute approximate surface area is 189 Å². The standard InChI is InChI=1S/C20H23ClN8O3/c1-10-25-17(29-18(22)26-10)13-7-12(31-5)9-24-16(13)27-11-6-14(15(21)23-8-11)28-19(30)32-20(2,3)4/h6-9H,1-5H3,(H,24,27)(H,28,30)(H2,22,25,26,29). The first kappa shape index (κ1) is 22.9. The first-order chi connectivity index (χ1) is 15.0. The summed E-state index contributed by atoms with van der Waals surface area (Å²) < 4.78 is 10.5. The predicted octanol–water partition coefficient (Wildman–Crippen LogP) is 3.97. The van der Waals surface area contributed by atoms with Crippen LogP contribution in [0.1, 0.15) is 26.6 Å². The molecule has 0 saturated carbocycles. The van der Waals surface area contributed by atoms with E-state index in [2.05, 4.69) is 35.6 Å². The number of pyridine rings is 2. The lowest BCUT2D eigenvalue weighted by Gasteiger charge is -2.20. The Morgan fingerprint density at radius 3 is 2.53 bits per heavy atom. The van der Waals surface area contributed by atoms with Gasteiger partial charge in [-0.15, -0.1) is 0 Å². The van der Waals surface area contributed by atoms with E-state index < -0.39 is 11.7 Å². The number of hydrogen-bond donors (Lipinski definition) is 3. The number of nitrogens with two attached hydrogens (primary N) is 1. The summed E-state index contributed by atoms with van der Waals surface area (Å²) in [5, 5.41) is 5.82. The molecule has 11 nitrogen and oxygen atoms in total. The van der Waals surface area contributed by atoms with Crippen LogP contribution in [0.15, 0.2) is 24.5 Å². The molecule has 0 fully saturated rings. The number of nitrogen functional groups attached to an aromatic ring is 1. The van der Waals surface area contributed by atoms with Crippen molar-refractivity contribution in [3.8, 4) is 17.1 Å². The Bertz CT molecular complexity index is 1130. The summed E-state index contributed by atoms with van der Waals surface area (Å²) in [7, 11) is 1.53. The van der Waals surface area contributed by atoms with E-state index in [1.54, 1.807) is 39.8 Å². The zero-order valence-electron chi connectivity index (χ0n) is 18.2. The highest BCUT2D eigenvalue weighted by atomic mass is 35.5. The van der Waals surface area contributed by atoms with Crippen LogP contribution in [-0.2, 0) is 4.74 Å². The molecule has 168 valence electrons. The molecular weight excluding hydrogens is 436 g/mol. The van der Waals surface area contributed by atoms with E-state index in [0.29, 0.717) is 34.5 Å². The van der Waals surface area contributed by atoms with Gasteiger partial charge in [-0.3, -0.25) is 5.32 Å². The molecule has 3 rings (SSSR count). The lowest BCUT2D eigenvalue weighted by atomic mass is 10.2. The summed E-state index contributed by atoms with van der Waals surface area (Å²) in [4.78, 5) is 33.2. The molecule has 1 amide bonds. The van der Waals surface area contributed by atoms with Crippen LogP contribution < -0.4 is 21.1 Å². The molecule has 12 heteroatoms. The first-order valence-corrected chi connectivity index (χ1v) is 9.87. The summed E-state index contributed by atoms with van der Waals surface area (Å²) in [6.07, 6.45) is 2.37. The van der Waals surface area contributed by atoms with Crippen molar-refractivity contribution in [2.24, 2.45) is 0 Å². The van der Waals surface area contributed by atoms with Gasteiger partial charge in [-0.05, 0) is 39.8 Å². The smallest absolute Gasteiger partial charge is 0.412 e. The highest BCUT2D eigenvalue weighted by Gasteiger charge is 2.18. The predicted molar refractivity (Wildman–Crippen MR) is 121 cm³/mol. The van der Waals surface area contributed by atoms with Gasteiger partial charge in [0.15, 0.2) is 11.0 Å². The maximum absolute atomic E-state index is 12.1. The monoisotopic (exact) mass is 458 g/mol. The lowest BCUT2D eigenvalue weighted by molar-refractivity contribution is 0.0636. The molecule has 4 N–H and O–H groups in total. The highest BCUT2D eigenvalue weighted by Crippen LogP contribution is 2.31. The molecule has 0 aliphatic heterocycles. The van der Waals surface area contributed by atoms with E-state index in [1.807, 2.05) is 0 Å². The topological polar surface area (TPSA) is 150 Å². The molecule has 0 unspecified atom stereocenters. The Hall–Kier alpha value is -3.73. The summed E-state index contributed by atoms with van der Waals surface area (Å²) in [5.41, 5.74) is 6.41. The van der Waals surface area contributed by atoms with Gasteiger partial charge in [-0.25, -0.2) is 19.7 Å². The fourth-order valence-corrected chi connectivity index (χ4v) is 2.76. The number of halogens is 1. The number of amides is 1. The molecule has 0 aromatic carbocycles. The number of rotatable bonds is 5. The van der Waals surface area contributed by atoms with Gasteiger partial charge in [-0.1, -0.05) is 11.6 Å². The van der Waals surface area contributed by atoms with E-state index in [9.17, 15) is 4.79 Å². The van der Waals surface area contributed by atoms with Gasteiger partial charge >= 0.3 is 6.09 Å². The average Bonchev–Trinajstić information content (AvgIpc) is 2.68. The summed E-state index contributed by atoms with van der Waals surface area (Å²) >= 11 is 6.13. The van der Waals surface area contributed by atoms with E-state index in [1.165, 1.54) is 19.5 Å². The fraction of sp³-hybridized carbons (Fsp3) is 0.300. The number of carbonyl (C=O) groups excluding carboxylic acids is 1. The maximum Gasteiger partial charge on any atom is 0.412 e. The molecule has 0 saturated heterocycles. The number of hydrogen-bond acceptors (Lipinski definition) is 10. The minimum absolute atomic E-state index is 0.0817. The quantitative estimate of drug-likeness (QED) is 0.479. The van der Waals surface area contributed by atoms with Crippen LogP contribution >= 0.6 is 11.6 Å². The molecule has 0 spiro atoms. The second kappa shape index (κ2) is 9.18. The second-order valence-electron chi connectivity index (χ2n) is 7.65. The molecule has 0 bridgehead atoms.